The van der Waals surface area contributed by atoms with E-state index < -0.39 is 12.1 Å². The quantitative estimate of drug-likeness (QED) is 0.244. The van der Waals surface area contributed by atoms with Gasteiger partial charge >= 0.3 is 6.18 Å². The number of pyridine rings is 2. The number of aryl methyl sites for hydroxylation is 1. The third-order valence-corrected chi connectivity index (χ3v) is 6.62. The number of aromatic nitrogens is 2. The van der Waals surface area contributed by atoms with Crippen LogP contribution in [0.3, 0.4) is 0 Å². The van der Waals surface area contributed by atoms with Gasteiger partial charge in [-0.05, 0) is 36.6 Å². The molecule has 4 N–H and O–H groups in total. The second kappa shape index (κ2) is 14.4. The Morgan fingerprint density at radius 2 is 1.60 bits per heavy atom. The number of carbonyl (C=O) groups is 1. The Kier molecular flexibility index (Phi) is 10.4. The van der Waals surface area contributed by atoms with Crippen molar-refractivity contribution >= 4 is 16.9 Å². The number of para-hydroxylation sites is 1. The number of aliphatic carboxylic acids is 1. The molecular formula is C33H30F3N3O4. The second-order valence-electron chi connectivity index (χ2n) is 9.52. The summed E-state index contributed by atoms with van der Waals surface area (Å²) in [6, 6.07) is 30.7. The molecule has 0 bridgehead atoms. The molecule has 3 aromatic carbocycles. The van der Waals surface area contributed by atoms with E-state index in [4.69, 9.17) is 24.6 Å². The normalized spacial score (nSPS) is 11.1. The Balaban J connectivity index is 0.000000541. The number of carboxylic acid groups (broad SMARTS) is 1. The zero-order valence-electron chi connectivity index (χ0n) is 23.2. The van der Waals surface area contributed by atoms with Crippen LogP contribution in [0.15, 0.2) is 97.2 Å². The Morgan fingerprint density at radius 3 is 2.26 bits per heavy atom. The number of alkyl halides is 3. The first kappa shape index (κ1) is 31.1. The minimum atomic E-state index is -5.19. The number of hydrogen-bond donors (Lipinski definition) is 2. The molecule has 10 heteroatoms. The van der Waals surface area contributed by atoms with E-state index in [2.05, 4.69) is 60.3 Å². The van der Waals surface area contributed by atoms with Crippen LogP contribution in [0.5, 0.6) is 5.75 Å². The summed E-state index contributed by atoms with van der Waals surface area (Å²) in [6.07, 6.45) is -1.78. The topological polar surface area (TPSA) is 123 Å². The van der Waals surface area contributed by atoms with Crippen LogP contribution in [0, 0.1) is 0 Å². The smallest absolute Gasteiger partial charge is 0.430 e. The fraction of sp³-hybridized carbons (Fsp3) is 0.182. The number of carbonyl (C=O) groups excluding carboxylic acids is 1. The molecule has 0 aliphatic carbocycles. The maximum absolute atomic E-state index is 10.5. The van der Waals surface area contributed by atoms with Crippen LogP contribution in [0.2, 0.25) is 0 Å². The molecule has 7 nitrogen and oxygen atoms in total. The van der Waals surface area contributed by atoms with Crippen molar-refractivity contribution < 1.29 is 38.6 Å². The monoisotopic (exact) mass is 589 g/mol. The predicted molar refractivity (Wildman–Crippen MR) is 154 cm³/mol. The number of hydrogen-bond acceptors (Lipinski definition) is 6. The number of quaternary nitrogens is 1. The van der Waals surface area contributed by atoms with Crippen LogP contribution in [-0.2, 0) is 24.4 Å². The number of aliphatic hydroxyl groups excluding tert-OH is 1. The fourth-order valence-corrected chi connectivity index (χ4v) is 4.44. The average Bonchev–Trinajstić information content (AvgIpc) is 3.03. The molecular weight excluding hydrogens is 559 g/mol. The van der Waals surface area contributed by atoms with E-state index in [0.29, 0.717) is 6.61 Å². The Labute approximate surface area is 246 Å². The molecule has 222 valence electrons. The molecule has 0 amide bonds. The molecule has 0 aliphatic rings. The van der Waals surface area contributed by atoms with Gasteiger partial charge in [-0.1, -0.05) is 72.8 Å². The molecule has 0 unspecified atom stereocenters. The van der Waals surface area contributed by atoms with Crippen LogP contribution < -0.4 is 15.6 Å². The highest BCUT2D eigenvalue weighted by Gasteiger charge is 2.28. The molecule has 0 atom stereocenters. The van der Waals surface area contributed by atoms with Crippen molar-refractivity contribution in [2.75, 3.05) is 6.61 Å². The van der Waals surface area contributed by atoms with Crippen molar-refractivity contribution in [3.63, 3.8) is 0 Å². The van der Waals surface area contributed by atoms with Crippen LogP contribution >= 0.6 is 0 Å². The number of carboxylic acids is 1. The third-order valence-electron chi connectivity index (χ3n) is 6.62. The van der Waals surface area contributed by atoms with E-state index in [-0.39, 0.29) is 6.61 Å². The van der Waals surface area contributed by atoms with Crippen molar-refractivity contribution in [3.05, 3.63) is 114 Å². The van der Waals surface area contributed by atoms with Gasteiger partial charge in [-0.2, -0.15) is 13.2 Å². The number of halogens is 3. The van der Waals surface area contributed by atoms with Crippen molar-refractivity contribution in [1.29, 1.82) is 0 Å². The summed E-state index contributed by atoms with van der Waals surface area (Å²) < 4.78 is 37.5. The lowest BCUT2D eigenvalue weighted by atomic mass is 9.96. The summed E-state index contributed by atoms with van der Waals surface area (Å²) >= 11 is 0. The van der Waals surface area contributed by atoms with Crippen molar-refractivity contribution in [1.82, 2.24) is 9.97 Å². The number of nitrogens with zero attached hydrogens (tertiary/aromatic N) is 2. The van der Waals surface area contributed by atoms with Gasteiger partial charge in [-0.15, -0.1) is 0 Å². The highest BCUT2D eigenvalue weighted by Crippen LogP contribution is 2.34. The lowest BCUT2D eigenvalue weighted by molar-refractivity contribution is -0.386. The molecule has 5 rings (SSSR count). The molecule has 43 heavy (non-hydrogen) atoms. The molecule has 0 saturated carbocycles. The van der Waals surface area contributed by atoms with Crippen molar-refractivity contribution in [2.45, 2.75) is 32.2 Å². The Bertz CT molecular complexity index is 1660. The van der Waals surface area contributed by atoms with E-state index in [1.807, 2.05) is 42.6 Å². The van der Waals surface area contributed by atoms with Gasteiger partial charge in [0.25, 0.3) is 0 Å². The standard InChI is InChI=1S/C31H29N3O2.C2HF3O2/c32-20-22-12-14-24(15-13-22)31-26(23-7-2-1-3-8-23)19-27-28(33-17-16-29(27)34-31)10-6-18-36-30-11-5-4-9-25(30)21-35;3-2(4,5)1(6)7/h1-5,7-9,11-17,19,35H,6,10,18,20-21,32H2;(H,6,7). The van der Waals surface area contributed by atoms with Crippen LogP contribution in [0.25, 0.3) is 33.3 Å². The van der Waals surface area contributed by atoms with Gasteiger partial charge < -0.3 is 25.5 Å². The van der Waals surface area contributed by atoms with Crippen LogP contribution in [0.4, 0.5) is 13.2 Å². The lowest BCUT2D eigenvalue weighted by Gasteiger charge is -2.14. The lowest BCUT2D eigenvalue weighted by Crippen LogP contribution is -2.47. The predicted octanol–water partition coefficient (Wildman–Crippen LogP) is 4.51. The van der Waals surface area contributed by atoms with Gasteiger partial charge in [-0.25, -0.2) is 4.98 Å². The zero-order chi connectivity index (χ0) is 30.8. The van der Waals surface area contributed by atoms with Crippen molar-refractivity contribution in [3.8, 4) is 28.1 Å². The molecule has 0 saturated heterocycles. The first-order valence-electron chi connectivity index (χ1n) is 13.5. The highest BCUT2D eigenvalue weighted by molar-refractivity contribution is 5.92. The molecule has 0 fully saturated rings. The van der Waals surface area contributed by atoms with Gasteiger partial charge in [0.1, 0.15) is 11.7 Å². The maximum Gasteiger partial charge on any atom is 0.430 e. The number of fused-ring (bicyclic) bond motifs is 1. The minimum absolute atomic E-state index is 0.0324. The van der Waals surface area contributed by atoms with Gasteiger partial charge in [0.05, 0.1) is 31.0 Å². The van der Waals surface area contributed by atoms with E-state index in [1.54, 1.807) is 0 Å². The third kappa shape index (κ3) is 8.15. The summed E-state index contributed by atoms with van der Waals surface area (Å²) in [7, 11) is 0. The first-order chi connectivity index (χ1) is 20.7. The van der Waals surface area contributed by atoms with Gasteiger partial charge in [-0.3, -0.25) is 4.98 Å². The van der Waals surface area contributed by atoms with Crippen LogP contribution in [-0.4, -0.2) is 33.8 Å². The number of rotatable bonds is 9. The minimum Gasteiger partial charge on any atom is -0.542 e. The molecule has 2 aromatic heterocycles. The average molecular weight is 590 g/mol. The fourth-order valence-electron chi connectivity index (χ4n) is 4.44. The van der Waals surface area contributed by atoms with E-state index in [1.165, 1.54) is 5.56 Å². The van der Waals surface area contributed by atoms with E-state index >= 15 is 0 Å². The highest BCUT2D eigenvalue weighted by atomic mass is 19.4. The molecule has 2 heterocycles. The van der Waals surface area contributed by atoms with E-state index in [0.717, 1.165) is 69.7 Å². The van der Waals surface area contributed by atoms with Crippen molar-refractivity contribution in [2.24, 2.45) is 0 Å². The Morgan fingerprint density at radius 1 is 0.930 bits per heavy atom. The zero-order valence-corrected chi connectivity index (χ0v) is 23.2. The van der Waals surface area contributed by atoms with Crippen LogP contribution in [0.1, 0.15) is 23.2 Å². The molecule has 0 aliphatic heterocycles. The van der Waals surface area contributed by atoms with Gasteiger partial charge in [0.2, 0.25) is 0 Å². The first-order valence-corrected chi connectivity index (χ1v) is 13.5. The number of aliphatic hydroxyl groups is 1. The number of ether oxygens (including phenoxy) is 1. The number of benzene rings is 3. The summed E-state index contributed by atoms with van der Waals surface area (Å²) in [5.74, 6) is -2.28. The van der Waals surface area contributed by atoms with Gasteiger partial charge in [0, 0.05) is 39.5 Å². The summed E-state index contributed by atoms with van der Waals surface area (Å²) in [5.41, 5.74) is 12.2. The maximum atomic E-state index is 10.5. The molecule has 0 spiro atoms. The largest absolute Gasteiger partial charge is 0.542 e. The summed E-state index contributed by atoms with van der Waals surface area (Å²) in [4.78, 5) is 18.6. The van der Waals surface area contributed by atoms with E-state index in [9.17, 15) is 18.3 Å². The molecule has 0 radical (unpaired) electrons. The summed E-state index contributed by atoms with van der Waals surface area (Å²) in [5, 5.41) is 19.4. The van der Waals surface area contributed by atoms with Gasteiger partial charge in [0.15, 0.2) is 0 Å². The Hall–Kier alpha value is -4.80. The molecule has 5 aromatic rings. The summed E-state index contributed by atoms with van der Waals surface area (Å²) in [6.45, 7) is 1.28. The second-order valence-corrected chi connectivity index (χ2v) is 9.52. The SMILES string of the molecule is O=C([O-])C(F)(F)F.[NH3+]Cc1ccc(-c2nc3ccnc(CCCOc4ccccc4CO)c3cc2-c2ccccc2)cc1.